The monoisotopic (exact) mass is 279 g/mol. The summed E-state index contributed by atoms with van der Waals surface area (Å²) in [5.74, 6) is 0.644. The van der Waals surface area contributed by atoms with Gasteiger partial charge in [-0.2, -0.15) is 0 Å². The van der Waals surface area contributed by atoms with Gasteiger partial charge < -0.3 is 5.32 Å². The van der Waals surface area contributed by atoms with Crippen LogP contribution in [-0.2, 0) is 13.6 Å². The summed E-state index contributed by atoms with van der Waals surface area (Å²) in [6, 6.07) is 0.572. The second kappa shape index (κ2) is 6.22. The molecular formula is C15H29N5. The summed E-state index contributed by atoms with van der Waals surface area (Å²) in [6.45, 7) is 12.3. The summed E-state index contributed by atoms with van der Waals surface area (Å²) in [5.41, 5.74) is 1.33. The smallest absolute Gasteiger partial charge is 0.0967 e. The van der Waals surface area contributed by atoms with Gasteiger partial charge >= 0.3 is 0 Å². The van der Waals surface area contributed by atoms with Crippen molar-refractivity contribution in [3.05, 3.63) is 11.9 Å². The Kier molecular flexibility index (Phi) is 4.81. The molecule has 0 bridgehead atoms. The molecule has 0 spiro atoms. The van der Waals surface area contributed by atoms with Gasteiger partial charge in [-0.15, -0.1) is 5.10 Å². The molecule has 5 heteroatoms. The lowest BCUT2D eigenvalue weighted by atomic mass is 9.86. The minimum absolute atomic E-state index is 0.258. The van der Waals surface area contributed by atoms with E-state index >= 15 is 0 Å². The van der Waals surface area contributed by atoms with E-state index in [0.717, 1.165) is 25.3 Å². The highest BCUT2D eigenvalue weighted by atomic mass is 15.4. The highest BCUT2D eigenvalue weighted by Gasteiger charge is 2.37. The Hall–Kier alpha value is -0.940. The van der Waals surface area contributed by atoms with Gasteiger partial charge in [0.2, 0.25) is 0 Å². The topological polar surface area (TPSA) is 46.0 Å². The van der Waals surface area contributed by atoms with E-state index < -0.39 is 0 Å². The molecule has 1 fully saturated rings. The maximum atomic E-state index is 4.25. The number of hydrogen-bond acceptors (Lipinski definition) is 4. The van der Waals surface area contributed by atoms with Crippen molar-refractivity contribution in [1.82, 2.24) is 25.2 Å². The number of hydrogen-bond donors (Lipinski definition) is 1. The molecule has 5 nitrogen and oxygen atoms in total. The van der Waals surface area contributed by atoms with Crippen LogP contribution in [0.2, 0.25) is 0 Å². The second-order valence-electron chi connectivity index (χ2n) is 6.47. The maximum absolute atomic E-state index is 4.25. The molecule has 0 saturated carbocycles. The fraction of sp³-hybridized carbons (Fsp3) is 0.867. The molecule has 0 aromatic carbocycles. The van der Waals surface area contributed by atoms with Gasteiger partial charge in [-0.3, -0.25) is 9.58 Å². The van der Waals surface area contributed by atoms with Crippen molar-refractivity contribution in [3.63, 3.8) is 0 Å². The maximum Gasteiger partial charge on any atom is 0.0967 e. The van der Waals surface area contributed by atoms with Crippen molar-refractivity contribution < 1.29 is 0 Å². The number of rotatable bonds is 5. The Morgan fingerprint density at radius 2 is 2.10 bits per heavy atom. The Balaban J connectivity index is 2.14. The molecule has 2 heterocycles. The van der Waals surface area contributed by atoms with Crippen LogP contribution in [0.25, 0.3) is 0 Å². The van der Waals surface area contributed by atoms with Crippen LogP contribution in [0.4, 0.5) is 0 Å². The summed E-state index contributed by atoms with van der Waals surface area (Å²) in [4.78, 5) is 2.60. The lowest BCUT2D eigenvalue weighted by Gasteiger charge is -2.48. The van der Waals surface area contributed by atoms with Crippen LogP contribution in [0.5, 0.6) is 0 Å². The number of nitrogens with one attached hydrogen (secondary N) is 1. The molecule has 1 unspecified atom stereocenters. The van der Waals surface area contributed by atoms with E-state index in [4.69, 9.17) is 0 Å². The van der Waals surface area contributed by atoms with Crippen molar-refractivity contribution in [1.29, 1.82) is 0 Å². The molecule has 1 aromatic heterocycles. The predicted molar refractivity (Wildman–Crippen MR) is 81.4 cm³/mol. The van der Waals surface area contributed by atoms with Crippen LogP contribution in [0.1, 0.15) is 46.2 Å². The molecule has 2 rings (SSSR count). The molecule has 0 aliphatic carbocycles. The van der Waals surface area contributed by atoms with Gasteiger partial charge in [0.1, 0.15) is 0 Å². The molecule has 0 radical (unpaired) electrons. The van der Waals surface area contributed by atoms with Gasteiger partial charge in [0, 0.05) is 44.5 Å². The Morgan fingerprint density at radius 3 is 2.60 bits per heavy atom. The van der Waals surface area contributed by atoms with Crippen LogP contribution in [0.15, 0.2) is 6.20 Å². The molecule has 0 amide bonds. The predicted octanol–water partition coefficient (Wildman–Crippen LogP) is 1.80. The van der Waals surface area contributed by atoms with E-state index in [2.05, 4.69) is 48.2 Å². The Labute approximate surface area is 122 Å². The third kappa shape index (κ3) is 3.20. The molecule has 1 aliphatic heterocycles. The first-order valence-electron chi connectivity index (χ1n) is 7.84. The van der Waals surface area contributed by atoms with Crippen LogP contribution in [0, 0.1) is 5.92 Å². The van der Waals surface area contributed by atoms with Gasteiger partial charge in [0.25, 0.3) is 0 Å². The van der Waals surface area contributed by atoms with E-state index in [9.17, 15) is 0 Å². The third-order valence-electron chi connectivity index (χ3n) is 4.80. The standard InChI is InChI=1S/C15H29N5/c1-6-15(7-2)11-20(14(8-16-15)12(3)4)10-13-9-19(5)18-17-13/h9,12,14,16H,6-8,10-11H2,1-5H3. The van der Waals surface area contributed by atoms with Crippen LogP contribution < -0.4 is 5.32 Å². The second-order valence-corrected chi connectivity index (χ2v) is 6.47. The average molecular weight is 279 g/mol. The van der Waals surface area contributed by atoms with Gasteiger partial charge in [0.15, 0.2) is 0 Å². The number of nitrogens with zero attached hydrogens (tertiary/aromatic N) is 4. The molecule has 1 atom stereocenters. The normalized spacial score (nSPS) is 23.4. The zero-order valence-electron chi connectivity index (χ0n) is 13.6. The molecule has 1 aromatic rings. The summed E-state index contributed by atoms with van der Waals surface area (Å²) in [6.07, 6.45) is 4.37. The van der Waals surface area contributed by atoms with Crippen molar-refractivity contribution in [2.24, 2.45) is 13.0 Å². The summed E-state index contributed by atoms with van der Waals surface area (Å²) in [5, 5.41) is 12.1. The van der Waals surface area contributed by atoms with E-state index in [0.29, 0.717) is 12.0 Å². The van der Waals surface area contributed by atoms with E-state index in [1.165, 1.54) is 12.8 Å². The zero-order valence-corrected chi connectivity index (χ0v) is 13.6. The number of aryl methyl sites for hydroxylation is 1. The first-order valence-corrected chi connectivity index (χ1v) is 7.84. The molecule has 1 aliphatic rings. The highest BCUT2D eigenvalue weighted by molar-refractivity contribution is 5.01. The summed E-state index contributed by atoms with van der Waals surface area (Å²) >= 11 is 0. The van der Waals surface area contributed by atoms with Crippen molar-refractivity contribution in [2.45, 2.75) is 58.7 Å². The molecule has 1 N–H and O–H groups in total. The van der Waals surface area contributed by atoms with Crippen molar-refractivity contribution in [3.8, 4) is 0 Å². The van der Waals surface area contributed by atoms with E-state index in [-0.39, 0.29) is 5.54 Å². The average Bonchev–Trinajstić information content (AvgIpc) is 2.83. The number of piperazine rings is 1. The SMILES string of the molecule is CCC1(CC)CN(Cc2cn(C)nn2)C(C(C)C)CN1. The quantitative estimate of drug-likeness (QED) is 0.893. The zero-order chi connectivity index (χ0) is 14.8. The van der Waals surface area contributed by atoms with E-state index in [1.54, 1.807) is 4.68 Å². The van der Waals surface area contributed by atoms with Crippen LogP contribution >= 0.6 is 0 Å². The molecule has 114 valence electrons. The minimum Gasteiger partial charge on any atom is -0.308 e. The molecule has 20 heavy (non-hydrogen) atoms. The summed E-state index contributed by atoms with van der Waals surface area (Å²) < 4.78 is 1.79. The molecular weight excluding hydrogens is 250 g/mol. The third-order valence-corrected chi connectivity index (χ3v) is 4.80. The Morgan fingerprint density at radius 1 is 1.40 bits per heavy atom. The fourth-order valence-corrected chi connectivity index (χ4v) is 3.24. The lowest BCUT2D eigenvalue weighted by molar-refractivity contribution is 0.0434. The van der Waals surface area contributed by atoms with Crippen LogP contribution in [0.3, 0.4) is 0 Å². The lowest BCUT2D eigenvalue weighted by Crippen LogP contribution is -2.64. The first kappa shape index (κ1) is 15.4. The van der Waals surface area contributed by atoms with Gasteiger partial charge in [-0.1, -0.05) is 32.9 Å². The minimum atomic E-state index is 0.258. The number of aromatic nitrogens is 3. The van der Waals surface area contributed by atoms with Gasteiger partial charge in [-0.05, 0) is 18.8 Å². The van der Waals surface area contributed by atoms with E-state index in [1.807, 2.05) is 13.2 Å². The van der Waals surface area contributed by atoms with Crippen LogP contribution in [-0.4, -0.2) is 44.6 Å². The largest absolute Gasteiger partial charge is 0.308 e. The Bertz CT molecular complexity index is 422. The van der Waals surface area contributed by atoms with Gasteiger partial charge in [-0.25, -0.2) is 0 Å². The summed E-state index contributed by atoms with van der Waals surface area (Å²) in [7, 11) is 1.93. The fourth-order valence-electron chi connectivity index (χ4n) is 3.24. The van der Waals surface area contributed by atoms with Gasteiger partial charge in [0.05, 0.1) is 5.69 Å². The highest BCUT2D eigenvalue weighted by Crippen LogP contribution is 2.26. The first-order chi connectivity index (χ1) is 9.49. The van der Waals surface area contributed by atoms with Crippen molar-refractivity contribution >= 4 is 0 Å². The van der Waals surface area contributed by atoms with Crippen molar-refractivity contribution in [2.75, 3.05) is 13.1 Å². The molecule has 1 saturated heterocycles.